The monoisotopic (exact) mass is 242 g/mol. The normalized spacial score (nSPS) is 14.7. The van der Waals surface area contributed by atoms with Crippen molar-refractivity contribution in [1.29, 1.82) is 0 Å². The van der Waals surface area contributed by atoms with Gasteiger partial charge in [-0.05, 0) is 0 Å². The Morgan fingerprint density at radius 1 is 0.929 bits per heavy atom. The minimum Gasteiger partial charge on any atom is -0.740 e. The number of hydrogen-bond acceptors (Lipinski definition) is 8. The third-order valence-electron chi connectivity index (χ3n) is 0.656. The van der Waals surface area contributed by atoms with Crippen molar-refractivity contribution in [2.45, 2.75) is 0 Å². The molecule has 0 aromatic rings. The summed E-state index contributed by atoms with van der Waals surface area (Å²) in [6.45, 7) is 0. The van der Waals surface area contributed by atoms with Crippen molar-refractivity contribution in [3.05, 3.63) is 12.2 Å². The molecule has 0 saturated heterocycles. The van der Waals surface area contributed by atoms with Gasteiger partial charge < -0.3 is 17.5 Å². The molecule has 0 heterocycles. The summed E-state index contributed by atoms with van der Waals surface area (Å²) >= 11 is -6.09. The van der Waals surface area contributed by atoms with E-state index in [0.29, 0.717) is 12.2 Å². The van der Waals surface area contributed by atoms with Gasteiger partial charge in [0.25, 0.3) is 0 Å². The van der Waals surface area contributed by atoms with Crippen LogP contribution in [0.3, 0.4) is 0 Å². The predicted octanol–water partition coefficient (Wildman–Crippen LogP) is -1.78. The fraction of sp³-hybridized carbons (Fsp3) is 0. The van der Waals surface area contributed by atoms with Crippen LogP contribution >= 0.6 is 0 Å². The van der Waals surface area contributed by atoms with E-state index in [1.165, 1.54) is 0 Å². The van der Waals surface area contributed by atoms with E-state index in [1.54, 1.807) is 0 Å². The second-order valence-corrected chi connectivity index (χ2v) is 2.70. The van der Waals surface area contributed by atoms with Gasteiger partial charge in [0.15, 0.2) is 0 Å². The molecule has 0 spiro atoms. The molecule has 2 unspecified atom stereocenters. The lowest BCUT2D eigenvalue weighted by Crippen LogP contribution is -2.06. The lowest BCUT2D eigenvalue weighted by molar-refractivity contribution is -0.131. The molecule has 0 aromatic carbocycles. The molecule has 0 N–H and O–H groups in total. The first kappa shape index (κ1) is 12.9. The Kier molecular flexibility index (Phi) is 5.87. The molecule has 0 aliphatic heterocycles. The maximum Gasteiger partial charge on any atom is 0.344 e. The molecule has 80 valence electrons. The molecule has 8 nitrogen and oxygen atoms in total. The number of carbonyl (C=O) groups excluding carboxylic acids is 2. The summed E-state index contributed by atoms with van der Waals surface area (Å²) in [6.07, 6.45) is 0.788. The first-order valence-corrected chi connectivity index (χ1v) is 4.73. The summed E-state index contributed by atoms with van der Waals surface area (Å²) in [7, 11) is 0. The van der Waals surface area contributed by atoms with Crippen LogP contribution in [0, 0.1) is 0 Å². The fourth-order valence-corrected chi connectivity index (χ4v) is 0.705. The van der Waals surface area contributed by atoms with Crippen LogP contribution in [0.1, 0.15) is 0 Å². The molecule has 0 aromatic heterocycles. The molecule has 0 fully saturated rings. The van der Waals surface area contributed by atoms with Gasteiger partial charge >= 0.3 is 11.9 Å². The Morgan fingerprint density at radius 2 is 1.21 bits per heavy atom. The van der Waals surface area contributed by atoms with E-state index >= 15 is 0 Å². The van der Waals surface area contributed by atoms with E-state index in [2.05, 4.69) is 8.37 Å². The van der Waals surface area contributed by atoms with Crippen LogP contribution in [-0.2, 0) is 40.7 Å². The largest absolute Gasteiger partial charge is 0.740 e. The lowest BCUT2D eigenvalue weighted by atomic mass is 10.5. The van der Waals surface area contributed by atoms with Crippen molar-refractivity contribution >= 4 is 34.7 Å². The highest BCUT2D eigenvalue weighted by Gasteiger charge is 2.00. The van der Waals surface area contributed by atoms with E-state index in [4.69, 9.17) is 0 Å². The molecule has 0 amide bonds. The van der Waals surface area contributed by atoms with Crippen molar-refractivity contribution in [2.24, 2.45) is 0 Å². The van der Waals surface area contributed by atoms with Crippen LogP contribution in [0.2, 0.25) is 0 Å². The third kappa shape index (κ3) is 7.54. The zero-order valence-electron chi connectivity index (χ0n) is 6.24. The fourth-order valence-electron chi connectivity index (χ4n) is 0.326. The Bertz CT molecular complexity index is 276. The van der Waals surface area contributed by atoms with Crippen molar-refractivity contribution in [3.8, 4) is 0 Å². The topological polar surface area (TPSA) is 133 Å². The quantitative estimate of drug-likeness (QED) is 0.417. The number of carbonyl (C=O) groups is 2. The van der Waals surface area contributed by atoms with Crippen LogP contribution in [0.15, 0.2) is 12.2 Å². The smallest absolute Gasteiger partial charge is 0.344 e. The Labute approximate surface area is 82.9 Å². The molecule has 0 saturated carbocycles. The minimum absolute atomic E-state index is 0.394. The van der Waals surface area contributed by atoms with Gasteiger partial charge in [0.2, 0.25) is 0 Å². The van der Waals surface area contributed by atoms with Gasteiger partial charge in [0.05, 0.1) is 0 Å². The Morgan fingerprint density at radius 3 is 1.43 bits per heavy atom. The molecule has 2 atom stereocenters. The lowest BCUT2D eigenvalue weighted by Gasteiger charge is -2.02. The number of rotatable bonds is 4. The van der Waals surface area contributed by atoms with Gasteiger partial charge in [-0.3, -0.25) is 0 Å². The molecule has 14 heavy (non-hydrogen) atoms. The van der Waals surface area contributed by atoms with Gasteiger partial charge in [-0.1, -0.05) is 0 Å². The zero-order valence-corrected chi connectivity index (χ0v) is 7.87. The highest BCUT2D eigenvalue weighted by molar-refractivity contribution is 7.74. The summed E-state index contributed by atoms with van der Waals surface area (Å²) in [4.78, 5) is 20.8. The molecule has 0 bridgehead atoms. The van der Waals surface area contributed by atoms with Crippen LogP contribution in [0.5, 0.6) is 0 Å². The van der Waals surface area contributed by atoms with Crippen molar-refractivity contribution in [1.82, 2.24) is 0 Å². The van der Waals surface area contributed by atoms with E-state index in [1.807, 2.05) is 0 Å². The SMILES string of the molecule is O=C(C=CC(=O)OS(=O)[O-])OS(=O)[O-]. The molecular weight excluding hydrogens is 240 g/mol. The van der Waals surface area contributed by atoms with Crippen molar-refractivity contribution in [3.63, 3.8) is 0 Å². The summed E-state index contributed by atoms with van der Waals surface area (Å²) in [5.74, 6) is -2.71. The van der Waals surface area contributed by atoms with E-state index in [0.717, 1.165) is 0 Å². The van der Waals surface area contributed by atoms with Gasteiger partial charge in [0.1, 0.15) is 22.7 Å². The second kappa shape index (κ2) is 6.37. The number of hydrogen-bond donors (Lipinski definition) is 0. The highest BCUT2D eigenvalue weighted by atomic mass is 32.2. The van der Waals surface area contributed by atoms with Gasteiger partial charge in [-0.2, -0.15) is 0 Å². The first-order valence-electron chi connectivity index (χ1n) is 2.73. The van der Waals surface area contributed by atoms with Crippen LogP contribution < -0.4 is 0 Å². The van der Waals surface area contributed by atoms with E-state index in [9.17, 15) is 27.1 Å². The molecule has 0 radical (unpaired) electrons. The summed E-state index contributed by atoms with van der Waals surface area (Å²) < 4.78 is 46.0. The molecule has 0 aliphatic rings. The molecule has 0 rings (SSSR count). The third-order valence-corrected chi connectivity index (χ3v) is 1.26. The van der Waals surface area contributed by atoms with Gasteiger partial charge in [0, 0.05) is 12.2 Å². The maximum absolute atomic E-state index is 10.4. The second-order valence-electron chi connectivity index (χ2n) is 1.55. The maximum atomic E-state index is 10.4. The highest BCUT2D eigenvalue weighted by Crippen LogP contribution is 1.88. The van der Waals surface area contributed by atoms with Crippen molar-refractivity contribution < 1.29 is 35.5 Å². The average molecular weight is 242 g/mol. The summed E-state index contributed by atoms with van der Waals surface area (Å²) in [6, 6.07) is 0. The average Bonchev–Trinajstić information content (AvgIpc) is 1.98. The zero-order chi connectivity index (χ0) is 11.1. The first-order chi connectivity index (χ1) is 6.41. The van der Waals surface area contributed by atoms with Gasteiger partial charge in [-0.15, -0.1) is 0 Å². The molecular formula is C4H2O8S2-2. The molecule has 0 aliphatic carbocycles. The van der Waals surface area contributed by atoms with Crippen LogP contribution in [-0.4, -0.2) is 29.5 Å². The standard InChI is InChI=1S/C4H4O8S2/c5-3(11-13(7)8)1-2-4(6)12-14(9)10/h1-2H,(H,7,8)(H,9,10)/p-2. The van der Waals surface area contributed by atoms with Crippen LogP contribution in [0.25, 0.3) is 0 Å². The predicted molar refractivity (Wildman–Crippen MR) is 39.2 cm³/mol. The Hall–Kier alpha value is -1.10. The van der Waals surface area contributed by atoms with E-state index in [-0.39, 0.29) is 0 Å². The molecule has 10 heteroatoms. The summed E-state index contributed by atoms with van der Waals surface area (Å²) in [5.41, 5.74) is 0. The summed E-state index contributed by atoms with van der Waals surface area (Å²) in [5, 5.41) is 0. The van der Waals surface area contributed by atoms with Crippen molar-refractivity contribution in [2.75, 3.05) is 0 Å². The van der Waals surface area contributed by atoms with E-state index < -0.39 is 34.7 Å². The van der Waals surface area contributed by atoms with Gasteiger partial charge in [-0.25, -0.2) is 18.0 Å². The van der Waals surface area contributed by atoms with Crippen LogP contribution in [0.4, 0.5) is 0 Å². The Balaban J connectivity index is 4.04. The minimum atomic E-state index is -3.05.